The molecule has 0 aliphatic heterocycles. The van der Waals surface area contributed by atoms with Crippen LogP contribution in [0.1, 0.15) is 72.6 Å². The first-order valence-corrected chi connectivity index (χ1v) is 17.5. The molecule has 8 heteroatoms. The molecule has 1 aromatic rings. The molecular weight excluding hydrogens is 596 g/mol. The zero-order valence-electron chi connectivity index (χ0n) is 27.3. The van der Waals surface area contributed by atoms with Gasteiger partial charge in [-0.3, -0.25) is 0 Å². The van der Waals surface area contributed by atoms with Crippen LogP contribution in [0.5, 0.6) is 0 Å². The zero-order valence-corrected chi connectivity index (χ0v) is 27.3. The fourth-order valence-corrected chi connectivity index (χ4v) is 10.5. The Morgan fingerprint density at radius 3 is 2.19 bits per heavy atom. The topological polar surface area (TPSA) is 105 Å². The second kappa shape index (κ2) is 13.1. The van der Waals surface area contributed by atoms with Crippen LogP contribution in [0.15, 0.2) is 60.7 Å². The second-order valence-corrected chi connectivity index (χ2v) is 15.2. The SMILES string of the molecule is C=CC(=O)OCC1CC2C3CC(COC(=O)c4cccc(C(=O)OCC5C=C6C(C5)C5CC(COC(=O)C(=C)C)C6C5)c4)C(C3)C2C1. The van der Waals surface area contributed by atoms with Crippen molar-refractivity contribution in [2.45, 2.75) is 51.9 Å². The highest BCUT2D eigenvalue weighted by Crippen LogP contribution is 2.62. The number of fused-ring (bicyclic) bond motifs is 10. The Kier molecular flexibility index (Phi) is 8.88. The Morgan fingerprint density at radius 1 is 0.745 bits per heavy atom. The van der Waals surface area contributed by atoms with E-state index >= 15 is 0 Å². The van der Waals surface area contributed by atoms with E-state index in [2.05, 4.69) is 19.2 Å². The van der Waals surface area contributed by atoms with E-state index in [1.165, 1.54) is 18.1 Å². The molecule has 1 aromatic carbocycles. The summed E-state index contributed by atoms with van der Waals surface area (Å²) in [7, 11) is 0. The van der Waals surface area contributed by atoms with Crippen LogP contribution >= 0.6 is 0 Å². The molecule has 0 N–H and O–H groups in total. The van der Waals surface area contributed by atoms with Crippen molar-refractivity contribution in [3.05, 3.63) is 71.8 Å². The average Bonchev–Trinajstić information content (AvgIpc) is 3.91. The normalized spacial score (nSPS) is 35.5. The lowest BCUT2D eigenvalue weighted by atomic mass is 9.76. The van der Waals surface area contributed by atoms with Gasteiger partial charge in [0.1, 0.15) is 0 Å². The summed E-state index contributed by atoms with van der Waals surface area (Å²) in [4.78, 5) is 49.5. The molecule has 0 aromatic heterocycles. The maximum atomic E-state index is 13.1. The van der Waals surface area contributed by atoms with E-state index in [0.29, 0.717) is 102 Å². The highest BCUT2D eigenvalue weighted by Gasteiger charge is 2.56. The second-order valence-electron chi connectivity index (χ2n) is 15.2. The molecule has 11 atom stereocenters. The number of carbonyl (C=O) groups excluding carboxylic acids is 4. The van der Waals surface area contributed by atoms with Gasteiger partial charge >= 0.3 is 23.9 Å². The van der Waals surface area contributed by atoms with Gasteiger partial charge in [-0.15, -0.1) is 0 Å². The summed E-state index contributed by atoms with van der Waals surface area (Å²) < 4.78 is 22.4. The minimum atomic E-state index is -0.434. The number of allylic oxidation sites excluding steroid dienone is 1. The third-order valence-corrected chi connectivity index (χ3v) is 12.4. The Morgan fingerprint density at radius 2 is 1.45 bits per heavy atom. The molecular formula is C39H46O8. The largest absolute Gasteiger partial charge is 0.462 e. The van der Waals surface area contributed by atoms with Crippen molar-refractivity contribution in [3.63, 3.8) is 0 Å². The predicted molar refractivity (Wildman–Crippen MR) is 173 cm³/mol. The summed E-state index contributed by atoms with van der Waals surface area (Å²) in [5.74, 6) is 3.84. The van der Waals surface area contributed by atoms with E-state index in [0.717, 1.165) is 38.5 Å². The first-order valence-electron chi connectivity index (χ1n) is 17.5. The van der Waals surface area contributed by atoms with E-state index in [1.807, 2.05) is 0 Å². The van der Waals surface area contributed by atoms with E-state index in [4.69, 9.17) is 18.9 Å². The van der Waals surface area contributed by atoms with Gasteiger partial charge in [-0.05, 0) is 129 Å². The average molecular weight is 643 g/mol. The molecule has 5 saturated carbocycles. The first-order chi connectivity index (χ1) is 22.7. The lowest BCUT2D eigenvalue weighted by molar-refractivity contribution is -0.141. The smallest absolute Gasteiger partial charge is 0.338 e. The summed E-state index contributed by atoms with van der Waals surface area (Å²) in [6, 6.07) is 6.64. The van der Waals surface area contributed by atoms with Gasteiger partial charge in [0.2, 0.25) is 0 Å². The summed E-state index contributed by atoms with van der Waals surface area (Å²) in [5.41, 5.74) is 2.59. The van der Waals surface area contributed by atoms with Crippen LogP contribution in [0.25, 0.3) is 0 Å². The zero-order chi connectivity index (χ0) is 32.8. The molecule has 11 unspecified atom stereocenters. The lowest BCUT2D eigenvalue weighted by Crippen LogP contribution is -2.28. The number of rotatable bonds is 12. The lowest BCUT2D eigenvalue weighted by Gasteiger charge is -2.31. The Hall–Kier alpha value is -3.68. The molecule has 7 rings (SSSR count). The number of hydrogen-bond donors (Lipinski definition) is 0. The highest BCUT2D eigenvalue weighted by molar-refractivity contribution is 5.95. The number of esters is 4. The van der Waals surface area contributed by atoms with Crippen LogP contribution in [0.4, 0.5) is 0 Å². The van der Waals surface area contributed by atoms with Crippen molar-refractivity contribution in [2.24, 2.45) is 65.1 Å². The molecule has 6 aliphatic carbocycles. The third-order valence-electron chi connectivity index (χ3n) is 12.4. The van der Waals surface area contributed by atoms with Gasteiger partial charge in [-0.2, -0.15) is 0 Å². The van der Waals surface area contributed by atoms with Crippen molar-refractivity contribution in [1.29, 1.82) is 0 Å². The van der Waals surface area contributed by atoms with Gasteiger partial charge < -0.3 is 18.9 Å². The standard InChI is InChI=1S/C39H46O8/c1-4-36(40)44-17-22-8-30-27-14-29(33(16-27)34(30)10-22)20-47-39(43)25-7-5-6-24(12-25)38(42)45-18-23-9-31-26-13-28(19-46-37(41)21(2)3)32(15-26)35(31)11-23/h4-7,11-12,22-23,26-34H,1-2,8-10,13-20H2,3H3. The molecule has 5 fully saturated rings. The number of hydrogen-bond acceptors (Lipinski definition) is 8. The molecule has 0 heterocycles. The predicted octanol–water partition coefficient (Wildman–Crippen LogP) is 6.37. The molecule has 250 valence electrons. The van der Waals surface area contributed by atoms with Crippen LogP contribution in [0, 0.1) is 65.1 Å². The molecule has 8 nitrogen and oxygen atoms in total. The Balaban J connectivity index is 0.872. The van der Waals surface area contributed by atoms with Gasteiger partial charge in [0, 0.05) is 17.6 Å². The molecule has 0 saturated heterocycles. The fourth-order valence-electron chi connectivity index (χ4n) is 10.5. The van der Waals surface area contributed by atoms with Crippen LogP contribution in [-0.2, 0) is 28.5 Å². The molecule has 0 amide bonds. The van der Waals surface area contributed by atoms with E-state index < -0.39 is 11.9 Å². The molecule has 4 bridgehead atoms. The van der Waals surface area contributed by atoms with Crippen molar-refractivity contribution in [1.82, 2.24) is 0 Å². The Labute approximate surface area is 276 Å². The fraction of sp³-hybridized carbons (Fsp3) is 0.590. The molecule has 6 aliphatic rings. The minimum absolute atomic E-state index is 0.174. The van der Waals surface area contributed by atoms with E-state index in [-0.39, 0.29) is 17.9 Å². The maximum Gasteiger partial charge on any atom is 0.338 e. The summed E-state index contributed by atoms with van der Waals surface area (Å²) >= 11 is 0. The quantitative estimate of drug-likeness (QED) is 0.112. The first kappa shape index (κ1) is 31.9. The van der Waals surface area contributed by atoms with Gasteiger partial charge in [-0.1, -0.05) is 30.9 Å². The monoisotopic (exact) mass is 642 g/mol. The van der Waals surface area contributed by atoms with E-state index in [1.54, 1.807) is 31.2 Å². The van der Waals surface area contributed by atoms with Crippen molar-refractivity contribution in [2.75, 3.05) is 26.4 Å². The molecule has 0 radical (unpaired) electrons. The summed E-state index contributed by atoms with van der Waals surface area (Å²) in [6.07, 6.45) is 11.2. The van der Waals surface area contributed by atoms with Crippen LogP contribution < -0.4 is 0 Å². The number of carbonyl (C=O) groups is 4. The van der Waals surface area contributed by atoms with Crippen molar-refractivity contribution in [3.8, 4) is 0 Å². The Bertz CT molecular complexity index is 1490. The van der Waals surface area contributed by atoms with E-state index in [9.17, 15) is 19.2 Å². The van der Waals surface area contributed by atoms with Crippen LogP contribution in [-0.4, -0.2) is 50.3 Å². The number of benzene rings is 1. The van der Waals surface area contributed by atoms with Gasteiger partial charge in [0.25, 0.3) is 0 Å². The maximum absolute atomic E-state index is 13.1. The van der Waals surface area contributed by atoms with Gasteiger partial charge in [0.05, 0.1) is 37.6 Å². The number of ether oxygens (including phenoxy) is 4. The van der Waals surface area contributed by atoms with Crippen LogP contribution in [0.3, 0.4) is 0 Å². The van der Waals surface area contributed by atoms with Crippen molar-refractivity contribution >= 4 is 23.9 Å². The third kappa shape index (κ3) is 6.32. The highest BCUT2D eigenvalue weighted by atomic mass is 16.5. The van der Waals surface area contributed by atoms with Gasteiger partial charge in [-0.25, -0.2) is 19.2 Å². The van der Waals surface area contributed by atoms with Crippen molar-refractivity contribution < 1.29 is 38.1 Å². The summed E-state index contributed by atoms with van der Waals surface area (Å²) in [6.45, 7) is 10.4. The minimum Gasteiger partial charge on any atom is -0.462 e. The van der Waals surface area contributed by atoms with Crippen LogP contribution in [0.2, 0.25) is 0 Å². The van der Waals surface area contributed by atoms with Gasteiger partial charge in [0.15, 0.2) is 0 Å². The molecule has 0 spiro atoms. The summed E-state index contributed by atoms with van der Waals surface area (Å²) in [5, 5.41) is 0. The molecule has 47 heavy (non-hydrogen) atoms.